The number of nitrogens with one attached hydrogen (secondary N) is 1. The van der Waals surface area contributed by atoms with Crippen molar-refractivity contribution in [3.05, 3.63) is 60.6 Å². The molecule has 0 fully saturated rings. The van der Waals surface area contributed by atoms with Crippen LogP contribution >= 0.6 is 0 Å². The van der Waals surface area contributed by atoms with E-state index in [0.717, 1.165) is 22.2 Å². The minimum absolute atomic E-state index is 0.398. The second-order valence-corrected chi connectivity index (χ2v) is 6.32. The molecule has 0 bridgehead atoms. The van der Waals surface area contributed by atoms with Gasteiger partial charge < -0.3 is 24.3 Å². The molecule has 2 aromatic carbocycles. The van der Waals surface area contributed by atoms with Crippen molar-refractivity contribution in [1.29, 1.82) is 0 Å². The summed E-state index contributed by atoms with van der Waals surface area (Å²) in [5.74, 6) is 1.86. The smallest absolute Gasteiger partial charge is 0.163 e. The first-order chi connectivity index (χ1) is 14.7. The Balaban J connectivity index is 1.95. The average Bonchev–Trinajstić information content (AvgIpc) is 2.75. The first-order valence-electron chi connectivity index (χ1n) is 9.50. The maximum atomic E-state index is 5.88. The Morgan fingerprint density at radius 2 is 1.70 bits per heavy atom. The molecule has 0 atom stereocenters. The third-order valence-electron chi connectivity index (χ3n) is 4.21. The molecule has 7 heteroatoms. The SMILES string of the molecule is C=C=Cc1cccc(Nc2ncnc3cc(OCCOC)c(OCCOC)cc23)c1. The van der Waals surface area contributed by atoms with Crippen molar-refractivity contribution in [2.24, 2.45) is 0 Å². The van der Waals surface area contributed by atoms with E-state index in [-0.39, 0.29) is 0 Å². The Hall–Kier alpha value is -3.38. The highest BCUT2D eigenvalue weighted by Gasteiger charge is 2.13. The molecule has 30 heavy (non-hydrogen) atoms. The lowest BCUT2D eigenvalue weighted by Crippen LogP contribution is -2.09. The average molecular weight is 407 g/mol. The van der Waals surface area contributed by atoms with E-state index in [0.29, 0.717) is 43.7 Å². The van der Waals surface area contributed by atoms with Gasteiger partial charge in [-0.05, 0) is 29.8 Å². The number of nitrogens with zero attached hydrogens (tertiary/aromatic N) is 2. The van der Waals surface area contributed by atoms with Crippen molar-refractivity contribution in [2.75, 3.05) is 46.0 Å². The van der Waals surface area contributed by atoms with Crippen molar-refractivity contribution >= 4 is 28.5 Å². The number of aromatic nitrogens is 2. The standard InChI is InChI=1S/C23H25N3O4/c1-4-6-17-7-5-8-18(13-17)26-23-19-14-21(29-11-9-27-2)22(30-12-10-28-3)15-20(19)24-16-25-23/h5-8,13-16H,1,9-12H2,2-3H3,(H,24,25,26). The number of rotatable bonds is 11. The summed E-state index contributed by atoms with van der Waals surface area (Å²) in [6.45, 7) is 5.37. The number of anilines is 2. The quantitative estimate of drug-likeness (QED) is 0.377. The van der Waals surface area contributed by atoms with Gasteiger partial charge in [-0.1, -0.05) is 18.7 Å². The van der Waals surface area contributed by atoms with Gasteiger partial charge in [0, 0.05) is 31.4 Å². The van der Waals surface area contributed by atoms with Crippen LogP contribution in [-0.4, -0.2) is 50.6 Å². The molecule has 0 saturated carbocycles. The van der Waals surface area contributed by atoms with E-state index in [9.17, 15) is 0 Å². The van der Waals surface area contributed by atoms with Crippen LogP contribution in [0.2, 0.25) is 0 Å². The van der Waals surface area contributed by atoms with Crippen LogP contribution in [0.1, 0.15) is 5.56 Å². The minimum atomic E-state index is 0.398. The Labute approximate surface area is 176 Å². The number of methoxy groups -OCH3 is 2. The lowest BCUT2D eigenvalue weighted by Gasteiger charge is -2.15. The van der Waals surface area contributed by atoms with E-state index < -0.39 is 0 Å². The van der Waals surface area contributed by atoms with Crippen molar-refractivity contribution in [1.82, 2.24) is 9.97 Å². The van der Waals surface area contributed by atoms with Gasteiger partial charge in [0.2, 0.25) is 0 Å². The Kier molecular flexibility index (Phi) is 7.80. The summed E-state index contributed by atoms with van der Waals surface area (Å²) in [5, 5.41) is 4.17. The first kappa shape index (κ1) is 21.3. The van der Waals surface area contributed by atoms with Crippen LogP contribution in [0.4, 0.5) is 11.5 Å². The number of hydrogen-bond acceptors (Lipinski definition) is 7. The van der Waals surface area contributed by atoms with Crippen molar-refractivity contribution < 1.29 is 18.9 Å². The lowest BCUT2D eigenvalue weighted by molar-refractivity contribution is 0.132. The van der Waals surface area contributed by atoms with E-state index in [4.69, 9.17) is 18.9 Å². The Morgan fingerprint density at radius 1 is 0.967 bits per heavy atom. The van der Waals surface area contributed by atoms with Crippen LogP contribution in [0, 0.1) is 0 Å². The first-order valence-corrected chi connectivity index (χ1v) is 9.50. The maximum Gasteiger partial charge on any atom is 0.163 e. The Morgan fingerprint density at radius 3 is 2.40 bits per heavy atom. The summed E-state index contributed by atoms with van der Waals surface area (Å²) in [6, 6.07) is 11.6. The molecule has 0 spiro atoms. The van der Waals surface area contributed by atoms with E-state index in [1.165, 1.54) is 6.33 Å². The van der Waals surface area contributed by atoms with Gasteiger partial charge in [0.15, 0.2) is 11.5 Å². The van der Waals surface area contributed by atoms with Crippen LogP contribution in [0.25, 0.3) is 17.0 Å². The summed E-state index contributed by atoms with van der Waals surface area (Å²) < 4.78 is 21.9. The van der Waals surface area contributed by atoms with E-state index in [1.807, 2.05) is 42.5 Å². The molecule has 1 aromatic heterocycles. The fraction of sp³-hybridized carbons (Fsp3) is 0.261. The molecule has 156 valence electrons. The summed E-state index contributed by atoms with van der Waals surface area (Å²) in [6.07, 6.45) is 3.33. The second-order valence-electron chi connectivity index (χ2n) is 6.32. The van der Waals surface area contributed by atoms with Crippen LogP contribution < -0.4 is 14.8 Å². The highest BCUT2D eigenvalue weighted by molar-refractivity contribution is 5.93. The number of hydrogen-bond donors (Lipinski definition) is 1. The highest BCUT2D eigenvalue weighted by atomic mass is 16.5. The number of fused-ring (bicyclic) bond motifs is 1. The Bertz CT molecular complexity index is 1030. The fourth-order valence-electron chi connectivity index (χ4n) is 2.82. The van der Waals surface area contributed by atoms with Crippen molar-refractivity contribution in [2.45, 2.75) is 0 Å². The zero-order chi connectivity index (χ0) is 21.2. The molecular weight excluding hydrogens is 382 g/mol. The monoisotopic (exact) mass is 407 g/mol. The summed E-state index contributed by atoms with van der Waals surface area (Å²) in [4.78, 5) is 8.81. The molecule has 1 heterocycles. The molecule has 0 unspecified atom stereocenters. The minimum Gasteiger partial charge on any atom is -0.487 e. The predicted octanol–water partition coefficient (Wildman–Crippen LogP) is 4.22. The van der Waals surface area contributed by atoms with Gasteiger partial charge in [0.1, 0.15) is 25.4 Å². The molecule has 0 aliphatic rings. The molecule has 3 aromatic rings. The van der Waals surface area contributed by atoms with E-state index in [2.05, 4.69) is 27.6 Å². The molecule has 0 aliphatic heterocycles. The zero-order valence-corrected chi connectivity index (χ0v) is 17.2. The third-order valence-corrected chi connectivity index (χ3v) is 4.21. The van der Waals surface area contributed by atoms with E-state index >= 15 is 0 Å². The van der Waals surface area contributed by atoms with Gasteiger partial charge >= 0.3 is 0 Å². The second kappa shape index (κ2) is 11.0. The molecule has 0 radical (unpaired) electrons. The maximum absolute atomic E-state index is 5.88. The van der Waals surface area contributed by atoms with Gasteiger partial charge in [-0.2, -0.15) is 0 Å². The molecule has 0 amide bonds. The van der Waals surface area contributed by atoms with Gasteiger partial charge in [-0.3, -0.25) is 0 Å². The van der Waals surface area contributed by atoms with E-state index in [1.54, 1.807) is 14.2 Å². The highest BCUT2D eigenvalue weighted by Crippen LogP contribution is 2.35. The van der Waals surface area contributed by atoms with Crippen LogP contribution in [0.15, 0.2) is 55.0 Å². The molecule has 0 saturated heterocycles. The summed E-state index contributed by atoms with van der Waals surface area (Å²) in [7, 11) is 3.26. The molecule has 3 rings (SSSR count). The van der Waals surface area contributed by atoms with Crippen molar-refractivity contribution in [3.8, 4) is 11.5 Å². The lowest BCUT2D eigenvalue weighted by atomic mass is 10.1. The third kappa shape index (κ3) is 5.58. The van der Waals surface area contributed by atoms with Crippen LogP contribution in [0.3, 0.4) is 0 Å². The molecule has 1 N–H and O–H groups in total. The molecule has 7 nitrogen and oxygen atoms in total. The fourth-order valence-corrected chi connectivity index (χ4v) is 2.82. The molecule has 0 aliphatic carbocycles. The zero-order valence-electron chi connectivity index (χ0n) is 17.2. The van der Waals surface area contributed by atoms with Crippen LogP contribution in [-0.2, 0) is 9.47 Å². The van der Waals surface area contributed by atoms with Crippen LogP contribution in [0.5, 0.6) is 11.5 Å². The topological polar surface area (TPSA) is 74.7 Å². The van der Waals surface area contributed by atoms with Gasteiger partial charge in [-0.25, -0.2) is 9.97 Å². The largest absolute Gasteiger partial charge is 0.487 e. The van der Waals surface area contributed by atoms with Gasteiger partial charge in [0.25, 0.3) is 0 Å². The molecular formula is C23H25N3O4. The number of ether oxygens (including phenoxy) is 4. The summed E-state index contributed by atoms with van der Waals surface area (Å²) in [5.41, 5.74) is 5.40. The summed E-state index contributed by atoms with van der Waals surface area (Å²) >= 11 is 0. The van der Waals surface area contributed by atoms with Gasteiger partial charge in [-0.15, -0.1) is 5.73 Å². The van der Waals surface area contributed by atoms with Gasteiger partial charge in [0.05, 0.1) is 18.7 Å². The predicted molar refractivity (Wildman–Crippen MR) is 118 cm³/mol. The number of benzene rings is 2. The van der Waals surface area contributed by atoms with Crippen molar-refractivity contribution in [3.63, 3.8) is 0 Å². The normalized spacial score (nSPS) is 10.5.